The third-order valence-electron chi connectivity index (χ3n) is 3.67. The fourth-order valence-electron chi connectivity index (χ4n) is 2.44. The van der Waals surface area contributed by atoms with E-state index in [0.717, 1.165) is 10.8 Å². The normalized spacial score (nSPS) is 10.4. The molecule has 0 heterocycles. The highest BCUT2D eigenvalue weighted by atomic mass is 79.9. The van der Waals surface area contributed by atoms with E-state index in [-0.39, 0.29) is 5.75 Å². The first-order valence-electron chi connectivity index (χ1n) is 8.04. The molecule has 0 bridgehead atoms. The van der Waals surface area contributed by atoms with Crippen molar-refractivity contribution in [3.63, 3.8) is 0 Å². The van der Waals surface area contributed by atoms with Gasteiger partial charge in [0.2, 0.25) is 0 Å². The molecular weight excluding hydrogens is 417 g/mol. The number of carbonyl (C=O) groups is 2. The second kappa shape index (κ2) is 8.64. The molecular formula is C20H15BrFNO4. The zero-order chi connectivity index (χ0) is 19.2. The highest BCUT2D eigenvalue weighted by molar-refractivity contribution is 9.10. The summed E-state index contributed by atoms with van der Waals surface area (Å²) in [6, 6.07) is 17.3. The van der Waals surface area contributed by atoms with Gasteiger partial charge in [0.1, 0.15) is 0 Å². The van der Waals surface area contributed by atoms with Crippen LogP contribution >= 0.6 is 15.9 Å². The molecule has 1 amide bonds. The number of carbonyl (C=O) groups excluding carboxylic acids is 2. The first-order valence-corrected chi connectivity index (χ1v) is 8.83. The van der Waals surface area contributed by atoms with Crippen molar-refractivity contribution in [3.05, 3.63) is 71.0 Å². The largest absolute Gasteiger partial charge is 0.479 e. The van der Waals surface area contributed by atoms with Crippen molar-refractivity contribution in [1.29, 1.82) is 0 Å². The Hall–Kier alpha value is -2.93. The van der Waals surface area contributed by atoms with Gasteiger partial charge in [-0.1, -0.05) is 52.3 Å². The van der Waals surface area contributed by atoms with Crippen LogP contribution in [-0.2, 0) is 14.3 Å². The summed E-state index contributed by atoms with van der Waals surface area (Å²) in [5.41, 5.74) is 0.627. The predicted octanol–water partition coefficient (Wildman–Crippen LogP) is 4.30. The van der Waals surface area contributed by atoms with Crippen LogP contribution in [0.2, 0.25) is 0 Å². The van der Waals surface area contributed by atoms with Gasteiger partial charge in [-0.15, -0.1) is 0 Å². The van der Waals surface area contributed by atoms with E-state index in [9.17, 15) is 14.0 Å². The fourth-order valence-corrected chi connectivity index (χ4v) is 2.77. The minimum absolute atomic E-state index is 0.0737. The maximum Gasteiger partial charge on any atom is 0.344 e. The van der Waals surface area contributed by atoms with Gasteiger partial charge in [0, 0.05) is 15.5 Å². The molecule has 0 aromatic heterocycles. The molecule has 3 aromatic carbocycles. The molecule has 0 fully saturated rings. The summed E-state index contributed by atoms with van der Waals surface area (Å²) >= 11 is 3.13. The minimum atomic E-state index is -0.773. The van der Waals surface area contributed by atoms with E-state index in [1.165, 1.54) is 12.1 Å². The standard InChI is InChI=1S/C20H15BrFNO4/c21-14-8-9-18(16(22)10-14)26-12-20(25)27-11-19(24)23-17-7-3-5-13-4-1-2-6-15(13)17/h1-10H,11-12H2,(H,23,24). The van der Waals surface area contributed by atoms with Gasteiger partial charge in [-0.25, -0.2) is 9.18 Å². The summed E-state index contributed by atoms with van der Waals surface area (Å²) in [6.07, 6.45) is 0. The molecule has 138 valence electrons. The van der Waals surface area contributed by atoms with Crippen molar-refractivity contribution in [2.24, 2.45) is 0 Å². The first-order chi connectivity index (χ1) is 13.0. The summed E-state index contributed by atoms with van der Waals surface area (Å²) in [4.78, 5) is 23.7. The number of halogens is 2. The minimum Gasteiger partial charge on any atom is -0.479 e. The van der Waals surface area contributed by atoms with Gasteiger partial charge in [-0.05, 0) is 29.7 Å². The lowest BCUT2D eigenvalue weighted by Crippen LogP contribution is -2.23. The summed E-state index contributed by atoms with van der Waals surface area (Å²) in [6.45, 7) is -0.964. The lowest BCUT2D eigenvalue weighted by Gasteiger charge is -2.10. The Bertz CT molecular complexity index is 987. The number of anilines is 1. The molecule has 7 heteroatoms. The quantitative estimate of drug-likeness (QED) is 0.590. The molecule has 0 unspecified atom stereocenters. The number of ether oxygens (including phenoxy) is 2. The van der Waals surface area contributed by atoms with Gasteiger partial charge >= 0.3 is 5.97 Å². The molecule has 1 N–H and O–H groups in total. The molecule has 5 nitrogen and oxygen atoms in total. The number of rotatable bonds is 6. The highest BCUT2D eigenvalue weighted by Crippen LogP contribution is 2.23. The van der Waals surface area contributed by atoms with Crippen LogP contribution in [-0.4, -0.2) is 25.1 Å². The van der Waals surface area contributed by atoms with Crippen LogP contribution in [0.5, 0.6) is 5.75 Å². The van der Waals surface area contributed by atoms with E-state index in [0.29, 0.717) is 10.2 Å². The molecule has 0 aliphatic rings. The Kier molecular flexibility index (Phi) is 6.03. The summed E-state index contributed by atoms with van der Waals surface area (Å²) < 4.78 is 24.1. The highest BCUT2D eigenvalue weighted by Gasteiger charge is 2.11. The molecule has 3 aromatic rings. The molecule has 0 spiro atoms. The molecule has 27 heavy (non-hydrogen) atoms. The van der Waals surface area contributed by atoms with Crippen molar-refractivity contribution in [3.8, 4) is 5.75 Å². The Balaban J connectivity index is 1.50. The molecule has 0 atom stereocenters. The topological polar surface area (TPSA) is 64.6 Å². The summed E-state index contributed by atoms with van der Waals surface area (Å²) in [5, 5.41) is 4.57. The van der Waals surface area contributed by atoms with E-state index in [1.54, 1.807) is 12.1 Å². The molecule has 0 aliphatic heterocycles. The average Bonchev–Trinajstić information content (AvgIpc) is 2.66. The number of hydrogen-bond acceptors (Lipinski definition) is 4. The molecule has 0 aliphatic carbocycles. The maximum atomic E-state index is 13.6. The number of nitrogens with one attached hydrogen (secondary N) is 1. The van der Waals surface area contributed by atoms with Gasteiger partial charge < -0.3 is 14.8 Å². The van der Waals surface area contributed by atoms with Crippen LogP contribution in [0.3, 0.4) is 0 Å². The monoisotopic (exact) mass is 431 g/mol. The molecule has 0 radical (unpaired) electrons. The maximum absolute atomic E-state index is 13.6. The van der Waals surface area contributed by atoms with Crippen LogP contribution in [0, 0.1) is 5.82 Å². The summed E-state index contributed by atoms with van der Waals surface area (Å²) in [5.74, 6) is -1.93. The van der Waals surface area contributed by atoms with Crippen molar-refractivity contribution < 1.29 is 23.5 Å². The van der Waals surface area contributed by atoms with E-state index in [2.05, 4.69) is 21.2 Å². The Morgan fingerprint density at radius 3 is 2.59 bits per heavy atom. The zero-order valence-corrected chi connectivity index (χ0v) is 15.7. The zero-order valence-electron chi connectivity index (χ0n) is 14.1. The van der Waals surface area contributed by atoms with Crippen molar-refractivity contribution >= 4 is 44.3 Å². The number of fused-ring (bicyclic) bond motifs is 1. The van der Waals surface area contributed by atoms with Gasteiger partial charge in [0.15, 0.2) is 24.8 Å². The summed E-state index contributed by atoms with van der Waals surface area (Å²) in [7, 11) is 0. The third-order valence-corrected chi connectivity index (χ3v) is 4.16. The number of esters is 1. The van der Waals surface area contributed by atoms with Gasteiger partial charge in [0.05, 0.1) is 0 Å². The van der Waals surface area contributed by atoms with E-state index >= 15 is 0 Å². The van der Waals surface area contributed by atoms with Gasteiger partial charge in [-0.3, -0.25) is 4.79 Å². The predicted molar refractivity (Wildman–Crippen MR) is 103 cm³/mol. The van der Waals surface area contributed by atoms with Crippen LogP contribution in [0.4, 0.5) is 10.1 Å². The van der Waals surface area contributed by atoms with E-state index in [1.807, 2.05) is 36.4 Å². The van der Waals surface area contributed by atoms with E-state index < -0.39 is 30.9 Å². The van der Waals surface area contributed by atoms with Crippen molar-refractivity contribution in [2.75, 3.05) is 18.5 Å². The average molecular weight is 432 g/mol. The van der Waals surface area contributed by atoms with Gasteiger partial charge in [-0.2, -0.15) is 0 Å². The fraction of sp³-hybridized carbons (Fsp3) is 0.100. The Labute approximate surface area is 163 Å². The Morgan fingerprint density at radius 2 is 1.78 bits per heavy atom. The second-order valence-electron chi connectivity index (χ2n) is 5.60. The number of amides is 1. The Morgan fingerprint density at radius 1 is 1.00 bits per heavy atom. The van der Waals surface area contributed by atoms with Crippen LogP contribution < -0.4 is 10.1 Å². The molecule has 0 saturated carbocycles. The smallest absolute Gasteiger partial charge is 0.344 e. The lowest BCUT2D eigenvalue weighted by atomic mass is 10.1. The third kappa shape index (κ3) is 5.04. The van der Waals surface area contributed by atoms with Crippen LogP contribution in [0.15, 0.2) is 65.1 Å². The molecule has 0 saturated heterocycles. The lowest BCUT2D eigenvalue weighted by molar-refractivity contribution is -0.149. The van der Waals surface area contributed by atoms with Crippen molar-refractivity contribution in [2.45, 2.75) is 0 Å². The molecule has 3 rings (SSSR count). The number of hydrogen-bond donors (Lipinski definition) is 1. The SMILES string of the molecule is O=C(COC(=O)COc1ccc(Br)cc1F)Nc1cccc2ccccc12. The van der Waals surface area contributed by atoms with E-state index in [4.69, 9.17) is 9.47 Å². The van der Waals surface area contributed by atoms with Crippen LogP contribution in [0.25, 0.3) is 10.8 Å². The van der Waals surface area contributed by atoms with Gasteiger partial charge in [0.25, 0.3) is 5.91 Å². The first kappa shape index (κ1) is 18.8. The van der Waals surface area contributed by atoms with Crippen LogP contribution in [0.1, 0.15) is 0 Å². The second-order valence-corrected chi connectivity index (χ2v) is 6.51. The van der Waals surface area contributed by atoms with Crippen molar-refractivity contribution in [1.82, 2.24) is 0 Å². The number of benzene rings is 3.